The van der Waals surface area contributed by atoms with Gasteiger partial charge in [0.25, 0.3) is 0 Å². The molecule has 1 heterocycles. The second kappa shape index (κ2) is 6.45. The van der Waals surface area contributed by atoms with Crippen molar-refractivity contribution in [2.45, 2.75) is 45.1 Å². The molecule has 132 valence electrons. The molecule has 0 spiro atoms. The van der Waals surface area contributed by atoms with E-state index in [1.165, 1.54) is 12.7 Å². The minimum absolute atomic E-state index is 0.0172. The largest absolute Gasteiger partial charge is 0.399 e. The number of ketones is 1. The van der Waals surface area contributed by atoms with Crippen molar-refractivity contribution in [1.82, 2.24) is 0 Å². The zero-order chi connectivity index (χ0) is 17.6. The summed E-state index contributed by atoms with van der Waals surface area (Å²) in [6.07, 6.45) is 6.42. The number of benzene rings is 1. The summed E-state index contributed by atoms with van der Waals surface area (Å²) >= 11 is 6.70. The summed E-state index contributed by atoms with van der Waals surface area (Å²) in [5, 5.41) is 8.54. The molecule has 6 heteroatoms. The number of carbonyl (C=O) groups is 1. The van der Waals surface area contributed by atoms with Crippen molar-refractivity contribution in [3.05, 3.63) is 33.3 Å². The zero-order valence-corrected chi connectivity index (χ0v) is 15.2. The Morgan fingerprint density at radius 1 is 1.40 bits per heavy atom. The van der Waals surface area contributed by atoms with Crippen molar-refractivity contribution in [3.63, 3.8) is 0 Å². The average molecular weight is 361 g/mol. The highest BCUT2D eigenvalue weighted by Gasteiger charge is 2.44. The van der Waals surface area contributed by atoms with E-state index in [2.05, 4.69) is 10.3 Å². The highest BCUT2D eigenvalue weighted by Crippen LogP contribution is 2.41. The van der Waals surface area contributed by atoms with Crippen LogP contribution < -0.4 is 0 Å². The maximum atomic E-state index is 13.2. The molecule has 0 saturated heterocycles. The fourth-order valence-electron chi connectivity index (χ4n) is 3.91. The first kappa shape index (κ1) is 16.6. The fraction of sp³-hybridized carbons (Fsp3) is 0.526. The Kier molecular flexibility index (Phi) is 4.28. The van der Waals surface area contributed by atoms with E-state index in [0.29, 0.717) is 16.5 Å². The van der Waals surface area contributed by atoms with Gasteiger partial charge in [0.05, 0.1) is 16.9 Å². The van der Waals surface area contributed by atoms with Crippen molar-refractivity contribution < 1.29 is 14.5 Å². The Morgan fingerprint density at radius 2 is 2.20 bits per heavy atom. The Morgan fingerprint density at radius 3 is 2.92 bits per heavy atom. The number of carbonyl (C=O) groups excluding carboxylic acids is 1. The van der Waals surface area contributed by atoms with Gasteiger partial charge < -0.3 is 9.68 Å². The monoisotopic (exact) mass is 360 g/mol. The van der Waals surface area contributed by atoms with E-state index < -0.39 is 0 Å². The zero-order valence-electron chi connectivity index (χ0n) is 14.4. The van der Waals surface area contributed by atoms with Gasteiger partial charge in [-0.25, -0.2) is 0 Å². The topological polar surface area (TPSA) is 60.2 Å². The van der Waals surface area contributed by atoms with E-state index in [9.17, 15) is 4.79 Å². The first-order valence-electron chi connectivity index (χ1n) is 8.77. The van der Waals surface area contributed by atoms with Crippen molar-refractivity contribution in [3.8, 4) is 0 Å². The molecule has 1 aromatic carbocycles. The van der Waals surface area contributed by atoms with E-state index >= 15 is 0 Å². The molecule has 5 nitrogen and oxygen atoms in total. The van der Waals surface area contributed by atoms with Crippen LogP contribution in [0.3, 0.4) is 0 Å². The molecule has 3 aliphatic rings. The summed E-state index contributed by atoms with van der Waals surface area (Å²) in [5.74, 6) is 0.0600. The molecule has 2 atom stereocenters. The number of fused-ring (bicyclic) bond motifs is 1. The lowest BCUT2D eigenvalue weighted by Gasteiger charge is -2.23. The van der Waals surface area contributed by atoms with E-state index in [4.69, 9.17) is 21.3 Å². The third-order valence-corrected chi connectivity index (χ3v) is 5.73. The van der Waals surface area contributed by atoms with Crippen molar-refractivity contribution >= 4 is 29.3 Å². The lowest BCUT2D eigenvalue weighted by Crippen LogP contribution is -2.29. The molecule has 4 rings (SSSR count). The number of oxime groups is 2. The summed E-state index contributed by atoms with van der Waals surface area (Å²) in [4.78, 5) is 23.6. The predicted octanol–water partition coefficient (Wildman–Crippen LogP) is 3.93. The third-order valence-electron chi connectivity index (χ3n) is 5.34. The molecule has 1 saturated carbocycles. The normalized spacial score (nSPS) is 26.4. The molecule has 1 fully saturated rings. The number of hydrogen-bond donors (Lipinski definition) is 0. The number of halogens is 1. The van der Waals surface area contributed by atoms with Crippen LogP contribution >= 0.6 is 11.6 Å². The number of Topliss-reactive ketones (excluding diaryl/α,β-unsaturated/α-hetero) is 1. The quantitative estimate of drug-likeness (QED) is 0.603. The second-order valence-electron chi connectivity index (χ2n) is 7.03. The predicted molar refractivity (Wildman–Crippen MR) is 96.6 cm³/mol. The Balaban J connectivity index is 1.76. The molecule has 2 aliphatic carbocycles. The molecule has 1 aliphatic heterocycles. The fourth-order valence-corrected chi connectivity index (χ4v) is 4.29. The summed E-state index contributed by atoms with van der Waals surface area (Å²) in [6, 6.07) is 1.91. The van der Waals surface area contributed by atoms with Crippen LogP contribution in [0.4, 0.5) is 0 Å². The Hall–Kier alpha value is -1.88. The molecular formula is C19H21ClN2O3. The number of rotatable bonds is 4. The Labute approximate surface area is 152 Å². The highest BCUT2D eigenvalue weighted by atomic mass is 35.5. The lowest BCUT2D eigenvalue weighted by atomic mass is 9.83. The SMILES string of the molecule is CO/N=C1/CCCc2c(C)cc(C(=O)C3C=NOC3C3CC3)c(Cl)c21. The molecular weight excluding hydrogens is 340 g/mol. The molecule has 2 unspecified atom stereocenters. The van der Waals surface area contributed by atoms with Gasteiger partial charge in [-0.15, -0.1) is 0 Å². The summed E-state index contributed by atoms with van der Waals surface area (Å²) < 4.78 is 0. The van der Waals surface area contributed by atoms with Gasteiger partial charge >= 0.3 is 0 Å². The summed E-state index contributed by atoms with van der Waals surface area (Å²) in [6.45, 7) is 2.03. The van der Waals surface area contributed by atoms with E-state index in [0.717, 1.165) is 48.9 Å². The van der Waals surface area contributed by atoms with Gasteiger partial charge in [0.2, 0.25) is 0 Å². The molecule has 1 aromatic rings. The van der Waals surface area contributed by atoms with E-state index in [1.807, 2.05) is 13.0 Å². The van der Waals surface area contributed by atoms with Gasteiger partial charge in [0, 0.05) is 11.1 Å². The van der Waals surface area contributed by atoms with E-state index in [-0.39, 0.29) is 17.8 Å². The van der Waals surface area contributed by atoms with Gasteiger partial charge in [0.15, 0.2) is 5.78 Å². The molecule has 0 N–H and O–H groups in total. The van der Waals surface area contributed by atoms with Crippen molar-refractivity contribution in [2.75, 3.05) is 7.11 Å². The molecule has 0 aromatic heterocycles. The molecule has 25 heavy (non-hydrogen) atoms. The van der Waals surface area contributed by atoms with Crippen LogP contribution in [-0.2, 0) is 16.1 Å². The lowest BCUT2D eigenvalue weighted by molar-refractivity contribution is 0.0418. The molecule has 0 radical (unpaired) electrons. The third kappa shape index (κ3) is 2.84. The van der Waals surface area contributed by atoms with Crippen LogP contribution in [0, 0.1) is 18.8 Å². The van der Waals surface area contributed by atoms with Gasteiger partial charge in [-0.2, -0.15) is 0 Å². The highest BCUT2D eigenvalue weighted by molar-refractivity contribution is 6.38. The smallest absolute Gasteiger partial charge is 0.176 e. The maximum Gasteiger partial charge on any atom is 0.176 e. The summed E-state index contributed by atoms with van der Waals surface area (Å²) in [7, 11) is 1.53. The van der Waals surface area contributed by atoms with E-state index in [1.54, 1.807) is 6.21 Å². The molecule has 0 bridgehead atoms. The summed E-state index contributed by atoms with van der Waals surface area (Å²) in [5.41, 5.74) is 4.47. The van der Waals surface area contributed by atoms with Crippen LogP contribution in [-0.4, -0.2) is 30.9 Å². The Bertz CT molecular complexity index is 783. The van der Waals surface area contributed by atoms with Crippen LogP contribution in [0.2, 0.25) is 5.02 Å². The van der Waals surface area contributed by atoms with Crippen LogP contribution in [0.25, 0.3) is 0 Å². The first-order chi connectivity index (χ1) is 12.1. The second-order valence-corrected chi connectivity index (χ2v) is 7.41. The first-order valence-corrected chi connectivity index (χ1v) is 9.15. The van der Waals surface area contributed by atoms with Gasteiger partial charge in [-0.05, 0) is 62.1 Å². The van der Waals surface area contributed by atoms with Crippen LogP contribution in [0.15, 0.2) is 16.4 Å². The molecule has 0 amide bonds. The van der Waals surface area contributed by atoms with Crippen LogP contribution in [0.1, 0.15) is 52.7 Å². The van der Waals surface area contributed by atoms with Crippen LogP contribution in [0.5, 0.6) is 0 Å². The minimum atomic E-state index is -0.353. The van der Waals surface area contributed by atoms with Gasteiger partial charge in [-0.1, -0.05) is 21.9 Å². The number of hydrogen-bond acceptors (Lipinski definition) is 5. The average Bonchev–Trinajstić information content (AvgIpc) is 3.34. The van der Waals surface area contributed by atoms with Crippen molar-refractivity contribution in [1.29, 1.82) is 0 Å². The van der Waals surface area contributed by atoms with Gasteiger partial charge in [-0.3, -0.25) is 4.79 Å². The number of aryl methyl sites for hydroxylation is 1. The standard InChI is InChI=1S/C19H21ClN2O3/c1-10-8-13(18(23)14-9-21-25-19(14)11-6-7-11)17(20)16-12(10)4-3-5-15(16)22-24-2/h8-9,11,14,19H,3-7H2,1-2H3/b22-15-. The van der Waals surface area contributed by atoms with Gasteiger partial charge in [0.1, 0.15) is 19.1 Å². The minimum Gasteiger partial charge on any atom is -0.399 e. The van der Waals surface area contributed by atoms with Crippen molar-refractivity contribution in [2.24, 2.45) is 22.1 Å². The maximum absolute atomic E-state index is 13.2. The number of nitrogens with zero attached hydrogens (tertiary/aromatic N) is 2.